The Morgan fingerprint density at radius 2 is 1.55 bits per heavy atom. The zero-order valence-electron chi connectivity index (χ0n) is 19.6. The van der Waals surface area contributed by atoms with E-state index in [-0.39, 0.29) is 5.91 Å². The van der Waals surface area contributed by atoms with Gasteiger partial charge >= 0.3 is 0 Å². The fourth-order valence-corrected chi connectivity index (χ4v) is 4.56. The van der Waals surface area contributed by atoms with Crippen molar-refractivity contribution in [3.05, 3.63) is 59.7 Å². The van der Waals surface area contributed by atoms with E-state index < -0.39 is 0 Å². The number of rotatable bonds is 9. The minimum atomic E-state index is -0.0756. The van der Waals surface area contributed by atoms with E-state index >= 15 is 0 Å². The zero-order valence-corrected chi connectivity index (χ0v) is 19.6. The van der Waals surface area contributed by atoms with Crippen molar-refractivity contribution < 1.29 is 9.53 Å². The summed E-state index contributed by atoms with van der Waals surface area (Å²) in [4.78, 5) is 15.0. The van der Waals surface area contributed by atoms with Gasteiger partial charge in [-0.3, -0.25) is 9.69 Å². The molecule has 1 aliphatic carbocycles. The highest BCUT2D eigenvalue weighted by atomic mass is 16.5. The normalized spacial score (nSPS) is 14.9. The quantitative estimate of drug-likeness (QED) is 0.502. The Hall–Kier alpha value is -2.33. The number of hydrogen-bond acceptors (Lipinski definition) is 3. The number of nitrogens with zero attached hydrogens (tertiary/aromatic N) is 1. The maximum atomic E-state index is 12.6. The summed E-state index contributed by atoms with van der Waals surface area (Å²) in [6.07, 6.45) is 6.54. The van der Waals surface area contributed by atoms with E-state index in [9.17, 15) is 4.79 Å². The van der Waals surface area contributed by atoms with Gasteiger partial charge in [0.1, 0.15) is 12.4 Å². The maximum Gasteiger partial charge on any atom is 0.255 e. The number of amides is 1. The second kappa shape index (κ2) is 11.3. The Morgan fingerprint density at radius 3 is 2.13 bits per heavy atom. The van der Waals surface area contributed by atoms with Gasteiger partial charge in [0, 0.05) is 29.9 Å². The Bertz CT molecular complexity index is 798. The molecule has 0 saturated heterocycles. The van der Waals surface area contributed by atoms with Crippen molar-refractivity contribution in [2.24, 2.45) is 0 Å². The number of benzene rings is 2. The maximum absolute atomic E-state index is 12.6. The van der Waals surface area contributed by atoms with Crippen LogP contribution in [0.1, 0.15) is 81.6 Å². The summed E-state index contributed by atoms with van der Waals surface area (Å²) in [5.74, 6) is 1.40. The molecule has 0 radical (unpaired) electrons. The SMILES string of the molecule is CC(C)N(CCOc1ccc(NC(=O)c2ccc(C3CCCCC3)cc2)cc1)C(C)C. The molecule has 1 saturated carbocycles. The van der Waals surface area contributed by atoms with Crippen molar-refractivity contribution in [2.45, 2.75) is 77.8 Å². The van der Waals surface area contributed by atoms with Crippen LogP contribution >= 0.6 is 0 Å². The second-order valence-electron chi connectivity index (χ2n) is 9.21. The number of nitrogens with one attached hydrogen (secondary N) is 1. The molecule has 1 aliphatic rings. The third kappa shape index (κ3) is 6.83. The first-order valence-electron chi connectivity index (χ1n) is 11.8. The van der Waals surface area contributed by atoms with Gasteiger partial charge in [-0.1, -0.05) is 31.4 Å². The highest BCUT2D eigenvalue weighted by Crippen LogP contribution is 2.32. The van der Waals surface area contributed by atoms with Crippen LogP contribution in [0.15, 0.2) is 48.5 Å². The predicted octanol–water partition coefficient (Wildman–Crippen LogP) is 6.48. The van der Waals surface area contributed by atoms with Gasteiger partial charge in [-0.15, -0.1) is 0 Å². The molecule has 0 aliphatic heterocycles. The minimum absolute atomic E-state index is 0.0756. The Balaban J connectivity index is 1.49. The fourth-order valence-electron chi connectivity index (χ4n) is 4.56. The molecule has 0 spiro atoms. The van der Waals surface area contributed by atoms with E-state index in [0.717, 1.165) is 18.0 Å². The van der Waals surface area contributed by atoms with E-state index in [1.54, 1.807) is 0 Å². The summed E-state index contributed by atoms with van der Waals surface area (Å²) in [5.41, 5.74) is 2.84. The molecule has 1 N–H and O–H groups in total. The molecule has 0 heterocycles. The number of carbonyl (C=O) groups excluding carboxylic acids is 1. The van der Waals surface area contributed by atoms with Gasteiger partial charge in [0.05, 0.1) is 0 Å². The van der Waals surface area contributed by atoms with Gasteiger partial charge < -0.3 is 10.1 Å². The smallest absolute Gasteiger partial charge is 0.255 e. The van der Waals surface area contributed by atoms with Crippen LogP contribution < -0.4 is 10.1 Å². The van der Waals surface area contributed by atoms with Crippen LogP contribution in [-0.4, -0.2) is 36.0 Å². The molecule has 3 rings (SSSR count). The standard InChI is InChI=1S/C27H38N2O2/c1-20(2)29(21(3)4)18-19-31-26-16-14-25(15-17-26)28-27(30)24-12-10-23(11-13-24)22-8-6-5-7-9-22/h10-17,20-22H,5-9,18-19H2,1-4H3,(H,28,30). The Kier molecular flexibility index (Phi) is 8.53. The van der Waals surface area contributed by atoms with E-state index in [0.29, 0.717) is 30.2 Å². The van der Waals surface area contributed by atoms with Crippen molar-refractivity contribution in [2.75, 3.05) is 18.5 Å². The summed E-state index contributed by atoms with van der Waals surface area (Å²) >= 11 is 0. The molecule has 2 aromatic rings. The van der Waals surface area contributed by atoms with Crippen LogP contribution in [0.25, 0.3) is 0 Å². The number of ether oxygens (including phenoxy) is 1. The Morgan fingerprint density at radius 1 is 0.935 bits per heavy atom. The number of carbonyl (C=O) groups is 1. The van der Waals surface area contributed by atoms with Crippen molar-refractivity contribution in [1.29, 1.82) is 0 Å². The van der Waals surface area contributed by atoms with Crippen LogP contribution in [0.5, 0.6) is 5.75 Å². The van der Waals surface area contributed by atoms with E-state index in [4.69, 9.17) is 4.74 Å². The lowest BCUT2D eigenvalue weighted by Gasteiger charge is -2.30. The lowest BCUT2D eigenvalue weighted by Crippen LogP contribution is -2.39. The van der Waals surface area contributed by atoms with Crippen molar-refractivity contribution in [3.8, 4) is 5.75 Å². The summed E-state index contributed by atoms with van der Waals surface area (Å²) in [7, 11) is 0. The highest BCUT2D eigenvalue weighted by Gasteiger charge is 2.16. The second-order valence-corrected chi connectivity index (χ2v) is 9.21. The van der Waals surface area contributed by atoms with Gasteiger partial charge in [0.2, 0.25) is 0 Å². The topological polar surface area (TPSA) is 41.6 Å². The molecular formula is C27H38N2O2. The highest BCUT2D eigenvalue weighted by molar-refractivity contribution is 6.04. The molecular weight excluding hydrogens is 384 g/mol. The lowest BCUT2D eigenvalue weighted by molar-refractivity contribution is 0.102. The van der Waals surface area contributed by atoms with Gasteiger partial charge in [-0.05, 0) is 88.4 Å². The van der Waals surface area contributed by atoms with Crippen LogP contribution in [-0.2, 0) is 0 Å². The van der Waals surface area contributed by atoms with Gasteiger partial charge in [-0.2, -0.15) is 0 Å². The van der Waals surface area contributed by atoms with Gasteiger partial charge in [0.25, 0.3) is 5.91 Å². The first-order chi connectivity index (χ1) is 14.9. The summed E-state index contributed by atoms with van der Waals surface area (Å²) in [6, 6.07) is 16.8. The van der Waals surface area contributed by atoms with Crippen molar-refractivity contribution >= 4 is 11.6 Å². The molecule has 1 amide bonds. The minimum Gasteiger partial charge on any atom is -0.492 e. The molecule has 2 aromatic carbocycles. The summed E-state index contributed by atoms with van der Waals surface area (Å²) in [5, 5.41) is 2.99. The first kappa shape index (κ1) is 23.3. The van der Waals surface area contributed by atoms with Gasteiger partial charge in [0.15, 0.2) is 0 Å². The first-order valence-corrected chi connectivity index (χ1v) is 11.8. The molecule has 0 aromatic heterocycles. The molecule has 0 bridgehead atoms. The summed E-state index contributed by atoms with van der Waals surface area (Å²) < 4.78 is 5.90. The van der Waals surface area contributed by atoms with E-state index in [1.165, 1.54) is 37.7 Å². The Labute approximate surface area is 188 Å². The molecule has 31 heavy (non-hydrogen) atoms. The van der Waals surface area contributed by atoms with E-state index in [2.05, 4.69) is 50.0 Å². The van der Waals surface area contributed by atoms with Crippen LogP contribution in [0, 0.1) is 0 Å². The molecule has 4 heteroatoms. The van der Waals surface area contributed by atoms with Crippen molar-refractivity contribution in [1.82, 2.24) is 4.90 Å². The largest absolute Gasteiger partial charge is 0.492 e. The molecule has 0 atom stereocenters. The molecule has 168 valence electrons. The number of hydrogen-bond donors (Lipinski definition) is 1. The average molecular weight is 423 g/mol. The third-order valence-electron chi connectivity index (χ3n) is 6.31. The fraction of sp³-hybridized carbons (Fsp3) is 0.519. The zero-order chi connectivity index (χ0) is 22.2. The third-order valence-corrected chi connectivity index (χ3v) is 6.31. The van der Waals surface area contributed by atoms with Crippen LogP contribution in [0.3, 0.4) is 0 Å². The van der Waals surface area contributed by atoms with Crippen LogP contribution in [0.4, 0.5) is 5.69 Å². The number of anilines is 1. The molecule has 4 nitrogen and oxygen atoms in total. The molecule has 0 unspecified atom stereocenters. The predicted molar refractivity (Wildman–Crippen MR) is 129 cm³/mol. The average Bonchev–Trinajstić information content (AvgIpc) is 2.78. The van der Waals surface area contributed by atoms with Crippen LogP contribution in [0.2, 0.25) is 0 Å². The molecule has 1 fully saturated rings. The van der Waals surface area contributed by atoms with E-state index in [1.807, 2.05) is 36.4 Å². The summed E-state index contributed by atoms with van der Waals surface area (Å²) in [6.45, 7) is 10.4. The lowest BCUT2D eigenvalue weighted by atomic mass is 9.84. The van der Waals surface area contributed by atoms with Crippen molar-refractivity contribution in [3.63, 3.8) is 0 Å². The monoisotopic (exact) mass is 422 g/mol. The van der Waals surface area contributed by atoms with Gasteiger partial charge in [-0.25, -0.2) is 0 Å².